The maximum atomic E-state index is 10.7. The molecule has 0 aliphatic rings. The molecule has 5 heteroatoms. The lowest BCUT2D eigenvalue weighted by molar-refractivity contribution is -0.143. The monoisotopic (exact) mass is 256 g/mol. The molecular formula is C13H20O5. The second-order valence-corrected chi connectivity index (χ2v) is 3.47. The summed E-state index contributed by atoms with van der Waals surface area (Å²) in [6.45, 7) is 6.07. The van der Waals surface area contributed by atoms with Crippen molar-refractivity contribution in [1.29, 1.82) is 0 Å². The van der Waals surface area contributed by atoms with Gasteiger partial charge in [-0.15, -0.1) is 0 Å². The molecule has 0 aliphatic heterocycles. The summed E-state index contributed by atoms with van der Waals surface area (Å²) in [5.41, 5.74) is -0.386. The Morgan fingerprint density at radius 1 is 1.39 bits per heavy atom. The second-order valence-electron chi connectivity index (χ2n) is 3.47. The van der Waals surface area contributed by atoms with E-state index in [9.17, 15) is 9.59 Å². The third kappa shape index (κ3) is 6.08. The van der Waals surface area contributed by atoms with E-state index in [0.29, 0.717) is 25.2 Å². The van der Waals surface area contributed by atoms with Crippen LogP contribution < -0.4 is 5.43 Å². The molecule has 5 nitrogen and oxygen atoms in total. The van der Waals surface area contributed by atoms with Crippen molar-refractivity contribution in [1.82, 2.24) is 0 Å². The molecule has 0 fully saturated rings. The molecule has 1 aromatic heterocycles. The molecule has 0 radical (unpaired) electrons. The van der Waals surface area contributed by atoms with Gasteiger partial charge in [-0.1, -0.05) is 13.8 Å². The van der Waals surface area contributed by atoms with Crippen LogP contribution in [-0.2, 0) is 16.0 Å². The molecule has 1 heterocycles. The zero-order valence-electron chi connectivity index (χ0n) is 11.1. The van der Waals surface area contributed by atoms with E-state index in [4.69, 9.17) is 9.52 Å². The fraction of sp³-hybridized carbons (Fsp3) is 0.538. The smallest absolute Gasteiger partial charge is 0.305 e. The zero-order chi connectivity index (χ0) is 14.0. The van der Waals surface area contributed by atoms with Crippen molar-refractivity contribution < 1.29 is 19.1 Å². The summed E-state index contributed by atoms with van der Waals surface area (Å²) in [6, 6.07) is 1.19. The fourth-order valence-corrected chi connectivity index (χ4v) is 1.14. The van der Waals surface area contributed by atoms with Gasteiger partial charge in [0.2, 0.25) is 11.2 Å². The summed E-state index contributed by atoms with van der Waals surface area (Å²) >= 11 is 0. The Morgan fingerprint density at radius 2 is 2.06 bits per heavy atom. The van der Waals surface area contributed by atoms with Crippen LogP contribution in [0.2, 0.25) is 0 Å². The molecule has 1 rings (SSSR count). The molecule has 0 bridgehead atoms. The first-order chi connectivity index (χ1) is 8.56. The number of hydrogen-bond donors (Lipinski definition) is 1. The lowest BCUT2D eigenvalue weighted by atomic mass is 10.3. The Hall–Kier alpha value is -1.78. The van der Waals surface area contributed by atoms with Gasteiger partial charge in [0.25, 0.3) is 0 Å². The van der Waals surface area contributed by atoms with E-state index in [1.165, 1.54) is 12.3 Å². The molecule has 0 spiro atoms. The molecule has 0 atom stereocenters. The minimum absolute atomic E-state index is 0.0880. The third-order valence-electron chi connectivity index (χ3n) is 2.01. The van der Waals surface area contributed by atoms with E-state index >= 15 is 0 Å². The van der Waals surface area contributed by atoms with Crippen LogP contribution in [0.25, 0.3) is 0 Å². The van der Waals surface area contributed by atoms with Gasteiger partial charge in [-0.3, -0.25) is 9.59 Å². The fourth-order valence-electron chi connectivity index (χ4n) is 1.14. The van der Waals surface area contributed by atoms with Crippen LogP contribution in [-0.4, -0.2) is 17.7 Å². The SMILES string of the molecule is CCCC(=O)OCC.CCc1occc(=O)c1O. The standard InChI is InChI=1S/C7H8O3.C6H12O2/c1-2-6-7(9)5(8)3-4-10-6;1-3-5-6(7)8-4-2/h3-4,9H,2H2,1H3;3-5H2,1-2H3. The van der Waals surface area contributed by atoms with Crippen LogP contribution in [0.15, 0.2) is 21.5 Å². The number of rotatable bonds is 4. The summed E-state index contributed by atoms with van der Waals surface area (Å²) in [4.78, 5) is 21.1. The minimum Gasteiger partial charge on any atom is -0.502 e. The Bertz CT molecular complexity index is 400. The van der Waals surface area contributed by atoms with Gasteiger partial charge >= 0.3 is 5.97 Å². The van der Waals surface area contributed by atoms with E-state index in [1.807, 2.05) is 13.8 Å². The van der Waals surface area contributed by atoms with Crippen LogP contribution in [0.4, 0.5) is 0 Å². The van der Waals surface area contributed by atoms with E-state index in [1.54, 1.807) is 6.92 Å². The number of carbonyl (C=O) groups excluding carboxylic acids is 1. The predicted molar refractivity (Wildman–Crippen MR) is 67.6 cm³/mol. The first-order valence-corrected chi connectivity index (χ1v) is 6.01. The molecule has 102 valence electrons. The molecule has 0 saturated carbocycles. The van der Waals surface area contributed by atoms with Crippen molar-refractivity contribution in [3.05, 3.63) is 28.3 Å². The Morgan fingerprint density at radius 3 is 2.50 bits per heavy atom. The minimum atomic E-state index is -0.386. The maximum Gasteiger partial charge on any atom is 0.305 e. The van der Waals surface area contributed by atoms with Gasteiger partial charge in [-0.25, -0.2) is 0 Å². The van der Waals surface area contributed by atoms with E-state index < -0.39 is 0 Å². The molecule has 18 heavy (non-hydrogen) atoms. The van der Waals surface area contributed by atoms with E-state index in [-0.39, 0.29) is 17.1 Å². The van der Waals surface area contributed by atoms with Crippen LogP contribution in [0.5, 0.6) is 5.75 Å². The van der Waals surface area contributed by atoms with Gasteiger partial charge in [-0.2, -0.15) is 0 Å². The summed E-state index contributed by atoms with van der Waals surface area (Å²) in [6.07, 6.45) is 3.23. The van der Waals surface area contributed by atoms with Crippen molar-refractivity contribution >= 4 is 5.97 Å². The molecule has 0 unspecified atom stereocenters. The van der Waals surface area contributed by atoms with Crippen molar-refractivity contribution in [2.45, 2.75) is 40.0 Å². The number of esters is 1. The van der Waals surface area contributed by atoms with Gasteiger partial charge in [0.05, 0.1) is 12.9 Å². The average molecular weight is 256 g/mol. The highest BCUT2D eigenvalue weighted by Gasteiger charge is 2.02. The average Bonchev–Trinajstić information content (AvgIpc) is 2.34. The lowest BCUT2D eigenvalue weighted by Gasteiger charge is -1.96. The highest BCUT2D eigenvalue weighted by molar-refractivity contribution is 5.69. The van der Waals surface area contributed by atoms with Gasteiger partial charge in [0, 0.05) is 18.9 Å². The molecular weight excluding hydrogens is 236 g/mol. The molecule has 0 amide bonds. The Balaban J connectivity index is 0.000000331. The topological polar surface area (TPSA) is 76.7 Å². The second kappa shape index (κ2) is 9.27. The van der Waals surface area contributed by atoms with Gasteiger partial charge in [0.1, 0.15) is 5.76 Å². The lowest BCUT2D eigenvalue weighted by Crippen LogP contribution is -2.01. The van der Waals surface area contributed by atoms with Crippen molar-refractivity contribution in [2.75, 3.05) is 6.61 Å². The normalized spacial score (nSPS) is 9.28. The van der Waals surface area contributed by atoms with Crippen LogP contribution in [0, 0.1) is 0 Å². The summed E-state index contributed by atoms with van der Waals surface area (Å²) < 4.78 is 9.48. The Kier molecular flexibility index (Phi) is 8.35. The number of aryl methyl sites for hydroxylation is 1. The first-order valence-electron chi connectivity index (χ1n) is 6.01. The van der Waals surface area contributed by atoms with Crippen molar-refractivity contribution in [3.63, 3.8) is 0 Å². The number of aromatic hydroxyl groups is 1. The third-order valence-corrected chi connectivity index (χ3v) is 2.01. The Labute approximate surface area is 106 Å². The van der Waals surface area contributed by atoms with Crippen LogP contribution >= 0.6 is 0 Å². The molecule has 0 saturated heterocycles. The van der Waals surface area contributed by atoms with E-state index in [2.05, 4.69) is 4.74 Å². The first kappa shape index (κ1) is 16.2. The number of ether oxygens (including phenoxy) is 1. The number of hydrogen-bond acceptors (Lipinski definition) is 5. The predicted octanol–water partition coefficient (Wildman–Crippen LogP) is 2.26. The van der Waals surface area contributed by atoms with E-state index in [0.717, 1.165) is 6.42 Å². The largest absolute Gasteiger partial charge is 0.502 e. The summed E-state index contributed by atoms with van der Waals surface area (Å²) in [5.74, 6) is -0.0208. The van der Waals surface area contributed by atoms with Gasteiger partial charge < -0.3 is 14.3 Å². The maximum absolute atomic E-state index is 10.7. The zero-order valence-corrected chi connectivity index (χ0v) is 11.1. The molecule has 0 aromatic carbocycles. The van der Waals surface area contributed by atoms with Crippen LogP contribution in [0.1, 0.15) is 39.4 Å². The van der Waals surface area contributed by atoms with Crippen molar-refractivity contribution in [3.8, 4) is 5.75 Å². The molecule has 1 aromatic rings. The van der Waals surface area contributed by atoms with Gasteiger partial charge in [0.15, 0.2) is 0 Å². The van der Waals surface area contributed by atoms with Crippen molar-refractivity contribution in [2.24, 2.45) is 0 Å². The highest BCUT2D eigenvalue weighted by atomic mass is 16.5. The van der Waals surface area contributed by atoms with Crippen LogP contribution in [0.3, 0.4) is 0 Å². The highest BCUT2D eigenvalue weighted by Crippen LogP contribution is 2.09. The number of carbonyl (C=O) groups is 1. The molecule has 0 aliphatic carbocycles. The van der Waals surface area contributed by atoms with Gasteiger partial charge in [-0.05, 0) is 13.3 Å². The summed E-state index contributed by atoms with van der Waals surface area (Å²) in [5, 5.41) is 8.99. The quantitative estimate of drug-likeness (QED) is 0.836. The molecule has 1 N–H and O–H groups in total. The summed E-state index contributed by atoms with van der Waals surface area (Å²) in [7, 11) is 0.